The number of hydrogen-bond donors (Lipinski definition) is 1. The molecule has 0 saturated heterocycles. The summed E-state index contributed by atoms with van der Waals surface area (Å²) in [7, 11) is 1.69. The van der Waals surface area contributed by atoms with Gasteiger partial charge >= 0.3 is 6.09 Å². The van der Waals surface area contributed by atoms with Crippen LogP contribution in [0.4, 0.5) is 10.7 Å². The Morgan fingerprint density at radius 3 is 2.94 bits per heavy atom. The highest BCUT2D eigenvalue weighted by atomic mass is 16.6. The number of hydrogen-bond acceptors (Lipinski definition) is 4. The zero-order valence-electron chi connectivity index (χ0n) is 11.4. The van der Waals surface area contributed by atoms with E-state index in [1.165, 1.54) is 4.90 Å². The van der Waals surface area contributed by atoms with Gasteiger partial charge in [-0.05, 0) is 20.8 Å². The third kappa shape index (κ3) is 2.64. The first-order chi connectivity index (χ1) is 8.38. The van der Waals surface area contributed by atoms with Gasteiger partial charge in [-0.25, -0.2) is 9.78 Å². The first-order valence-electron chi connectivity index (χ1n) is 6.10. The Morgan fingerprint density at radius 2 is 2.28 bits per heavy atom. The molecule has 6 nitrogen and oxygen atoms in total. The Labute approximate surface area is 107 Å². The largest absolute Gasteiger partial charge is 0.443 e. The van der Waals surface area contributed by atoms with Gasteiger partial charge in [0.05, 0.1) is 11.9 Å². The molecular weight excluding hydrogens is 232 g/mol. The van der Waals surface area contributed by atoms with Crippen molar-refractivity contribution in [3.8, 4) is 0 Å². The molecule has 100 valence electrons. The number of nitrogens with one attached hydrogen (secondary N) is 1. The molecule has 2 rings (SSSR count). The zero-order chi connectivity index (χ0) is 13.3. The predicted octanol–water partition coefficient (Wildman–Crippen LogP) is 1.36. The Morgan fingerprint density at radius 1 is 1.56 bits per heavy atom. The van der Waals surface area contributed by atoms with E-state index in [-0.39, 0.29) is 6.09 Å². The minimum absolute atomic E-state index is 0.380. The lowest BCUT2D eigenvalue weighted by Gasteiger charge is -2.25. The van der Waals surface area contributed by atoms with E-state index in [0.29, 0.717) is 5.95 Å². The number of fused-ring (bicyclic) bond motifs is 1. The Balaban J connectivity index is 2.16. The maximum atomic E-state index is 12.0. The van der Waals surface area contributed by atoms with Gasteiger partial charge in [0.15, 0.2) is 0 Å². The van der Waals surface area contributed by atoms with Gasteiger partial charge in [0.25, 0.3) is 0 Å². The molecule has 18 heavy (non-hydrogen) atoms. The number of aromatic nitrogens is 2. The number of ether oxygens (including phenoxy) is 1. The average molecular weight is 252 g/mol. The highest BCUT2D eigenvalue weighted by Crippen LogP contribution is 2.19. The molecule has 0 aliphatic carbocycles. The Bertz CT molecular complexity index is 447. The number of carbonyl (C=O) groups excluding carboxylic acids is 1. The molecule has 1 aliphatic rings. The van der Waals surface area contributed by atoms with Crippen LogP contribution in [0, 0.1) is 0 Å². The van der Waals surface area contributed by atoms with E-state index in [1.807, 2.05) is 25.3 Å². The van der Waals surface area contributed by atoms with Crippen LogP contribution in [0.1, 0.15) is 26.5 Å². The minimum atomic E-state index is -0.496. The van der Waals surface area contributed by atoms with Crippen LogP contribution in [-0.2, 0) is 17.8 Å². The second-order valence-corrected chi connectivity index (χ2v) is 5.42. The van der Waals surface area contributed by atoms with Gasteiger partial charge in [-0.2, -0.15) is 0 Å². The van der Waals surface area contributed by atoms with Crippen LogP contribution >= 0.6 is 0 Å². The lowest BCUT2D eigenvalue weighted by atomic mass is 10.2. The van der Waals surface area contributed by atoms with Crippen molar-refractivity contribution in [2.24, 2.45) is 0 Å². The minimum Gasteiger partial charge on any atom is -0.443 e. The SMILES string of the molecule is CN(C(=O)OC(C)(C)C)c1ncc2n1CCNC2. The standard InChI is InChI=1S/C12H20N4O2/c1-12(2,3)18-11(17)15(4)10-14-8-9-7-13-5-6-16(9)10/h8,13H,5-7H2,1-4H3. The van der Waals surface area contributed by atoms with Crippen molar-refractivity contribution in [3.05, 3.63) is 11.9 Å². The van der Waals surface area contributed by atoms with Crippen molar-refractivity contribution >= 4 is 12.0 Å². The van der Waals surface area contributed by atoms with Crippen molar-refractivity contribution in [3.63, 3.8) is 0 Å². The summed E-state index contributed by atoms with van der Waals surface area (Å²) >= 11 is 0. The predicted molar refractivity (Wildman–Crippen MR) is 68.6 cm³/mol. The molecule has 0 fully saturated rings. The summed E-state index contributed by atoms with van der Waals surface area (Å²) in [4.78, 5) is 17.7. The van der Waals surface area contributed by atoms with E-state index >= 15 is 0 Å². The summed E-state index contributed by atoms with van der Waals surface area (Å²) < 4.78 is 7.37. The molecule has 1 N–H and O–H groups in total. The van der Waals surface area contributed by atoms with E-state index in [2.05, 4.69) is 10.3 Å². The second-order valence-electron chi connectivity index (χ2n) is 5.42. The molecule has 0 bridgehead atoms. The average Bonchev–Trinajstić information content (AvgIpc) is 2.69. The molecule has 1 aromatic heterocycles. The highest BCUT2D eigenvalue weighted by Gasteiger charge is 2.25. The van der Waals surface area contributed by atoms with Gasteiger partial charge in [0.2, 0.25) is 5.95 Å². The number of carbonyl (C=O) groups is 1. The van der Waals surface area contributed by atoms with Crippen molar-refractivity contribution in [1.82, 2.24) is 14.9 Å². The van der Waals surface area contributed by atoms with Gasteiger partial charge in [0, 0.05) is 26.7 Å². The van der Waals surface area contributed by atoms with Crippen molar-refractivity contribution in [2.75, 3.05) is 18.5 Å². The molecule has 0 unspecified atom stereocenters. The first kappa shape index (κ1) is 12.9. The smallest absolute Gasteiger partial charge is 0.416 e. The van der Waals surface area contributed by atoms with Gasteiger partial charge in [-0.3, -0.25) is 4.90 Å². The highest BCUT2D eigenvalue weighted by molar-refractivity contribution is 5.85. The van der Waals surface area contributed by atoms with Crippen molar-refractivity contribution in [2.45, 2.75) is 39.5 Å². The maximum absolute atomic E-state index is 12.0. The molecule has 0 saturated carbocycles. The fourth-order valence-corrected chi connectivity index (χ4v) is 1.87. The lowest BCUT2D eigenvalue weighted by molar-refractivity contribution is 0.0586. The number of amides is 1. The second kappa shape index (κ2) is 4.61. The van der Waals surface area contributed by atoms with E-state index in [0.717, 1.165) is 25.3 Å². The fraction of sp³-hybridized carbons (Fsp3) is 0.667. The van der Waals surface area contributed by atoms with E-state index in [9.17, 15) is 4.79 Å². The summed E-state index contributed by atoms with van der Waals surface area (Å²) in [5.41, 5.74) is 0.594. The van der Waals surface area contributed by atoms with Crippen LogP contribution in [0.5, 0.6) is 0 Å². The lowest BCUT2D eigenvalue weighted by Crippen LogP contribution is -2.37. The normalized spacial score (nSPS) is 15.1. The Hall–Kier alpha value is -1.56. The number of imidazole rings is 1. The van der Waals surface area contributed by atoms with E-state index < -0.39 is 5.60 Å². The van der Waals surface area contributed by atoms with Crippen molar-refractivity contribution < 1.29 is 9.53 Å². The molecule has 0 aromatic carbocycles. The van der Waals surface area contributed by atoms with Crippen LogP contribution < -0.4 is 10.2 Å². The van der Waals surface area contributed by atoms with Crippen molar-refractivity contribution in [1.29, 1.82) is 0 Å². The Kier molecular flexibility index (Phi) is 3.30. The third-order valence-corrected chi connectivity index (χ3v) is 2.70. The third-order valence-electron chi connectivity index (χ3n) is 2.70. The molecule has 6 heteroatoms. The molecule has 0 spiro atoms. The molecule has 2 heterocycles. The number of rotatable bonds is 1. The topological polar surface area (TPSA) is 59.4 Å². The van der Waals surface area contributed by atoms with Gasteiger partial charge in [-0.15, -0.1) is 0 Å². The zero-order valence-corrected chi connectivity index (χ0v) is 11.4. The van der Waals surface area contributed by atoms with Crippen LogP contribution in [-0.4, -0.2) is 34.8 Å². The summed E-state index contributed by atoms with van der Waals surface area (Å²) in [6.45, 7) is 8.04. The summed E-state index contributed by atoms with van der Waals surface area (Å²) in [5.74, 6) is 0.640. The summed E-state index contributed by atoms with van der Waals surface area (Å²) in [6.07, 6.45) is 1.41. The van der Waals surface area contributed by atoms with E-state index in [1.54, 1.807) is 13.2 Å². The first-order valence-corrected chi connectivity index (χ1v) is 6.10. The van der Waals surface area contributed by atoms with Gasteiger partial charge < -0.3 is 14.6 Å². The van der Waals surface area contributed by atoms with Crippen LogP contribution in [0.15, 0.2) is 6.20 Å². The molecular formula is C12H20N4O2. The molecule has 1 aromatic rings. The molecule has 0 atom stereocenters. The summed E-state index contributed by atoms with van der Waals surface area (Å²) in [6, 6.07) is 0. The number of nitrogens with zero attached hydrogens (tertiary/aromatic N) is 3. The summed E-state index contributed by atoms with van der Waals surface area (Å²) in [5, 5.41) is 3.27. The molecule has 1 aliphatic heterocycles. The van der Waals surface area contributed by atoms with Crippen LogP contribution in [0.25, 0.3) is 0 Å². The maximum Gasteiger partial charge on any atom is 0.416 e. The van der Waals surface area contributed by atoms with E-state index in [4.69, 9.17) is 4.74 Å². The molecule has 1 amide bonds. The molecule has 0 radical (unpaired) electrons. The van der Waals surface area contributed by atoms with Gasteiger partial charge in [-0.1, -0.05) is 0 Å². The van der Waals surface area contributed by atoms with Crippen LogP contribution in [0.2, 0.25) is 0 Å². The van der Waals surface area contributed by atoms with Crippen LogP contribution in [0.3, 0.4) is 0 Å². The number of anilines is 1. The monoisotopic (exact) mass is 252 g/mol. The quantitative estimate of drug-likeness (QED) is 0.820. The van der Waals surface area contributed by atoms with Gasteiger partial charge in [0.1, 0.15) is 5.60 Å². The fourth-order valence-electron chi connectivity index (χ4n) is 1.87.